The highest BCUT2D eigenvalue weighted by molar-refractivity contribution is 5.83. The van der Waals surface area contributed by atoms with Crippen molar-refractivity contribution in [1.82, 2.24) is 0 Å². The number of rotatable bonds is 3. The van der Waals surface area contributed by atoms with Crippen molar-refractivity contribution in [2.45, 2.75) is 44.9 Å². The summed E-state index contributed by atoms with van der Waals surface area (Å²) in [4.78, 5) is 0. The summed E-state index contributed by atoms with van der Waals surface area (Å²) in [5, 5.41) is 2.74. The van der Waals surface area contributed by atoms with E-state index in [0.29, 0.717) is 0 Å². The number of hydrogen-bond donors (Lipinski definition) is 0. The van der Waals surface area contributed by atoms with E-state index in [1.165, 1.54) is 54.0 Å². The molecule has 24 heavy (non-hydrogen) atoms. The normalized spacial score (nSPS) is 21.0. The van der Waals surface area contributed by atoms with Crippen molar-refractivity contribution in [2.24, 2.45) is 5.92 Å². The van der Waals surface area contributed by atoms with E-state index in [4.69, 9.17) is 0 Å². The van der Waals surface area contributed by atoms with Gasteiger partial charge in [-0.25, -0.2) is 0 Å². The maximum Gasteiger partial charge on any atom is -0.0162 e. The third kappa shape index (κ3) is 3.38. The van der Waals surface area contributed by atoms with E-state index in [1.807, 2.05) is 0 Å². The predicted octanol–water partition coefficient (Wildman–Crippen LogP) is 6.66. The zero-order valence-corrected chi connectivity index (χ0v) is 14.5. The Morgan fingerprint density at radius 3 is 2.21 bits per heavy atom. The molecular formula is C24H26. The molecule has 0 atom stereocenters. The van der Waals surface area contributed by atoms with Crippen molar-refractivity contribution in [3.63, 3.8) is 0 Å². The molecule has 1 fully saturated rings. The zero-order chi connectivity index (χ0) is 16.4. The van der Waals surface area contributed by atoms with Gasteiger partial charge < -0.3 is 0 Å². The van der Waals surface area contributed by atoms with E-state index in [9.17, 15) is 0 Å². The molecule has 3 aromatic carbocycles. The van der Waals surface area contributed by atoms with Crippen LogP contribution in [0.1, 0.15) is 48.3 Å². The van der Waals surface area contributed by atoms with Gasteiger partial charge in [0, 0.05) is 0 Å². The first-order valence-corrected chi connectivity index (χ1v) is 9.32. The van der Waals surface area contributed by atoms with E-state index in [-0.39, 0.29) is 0 Å². The van der Waals surface area contributed by atoms with Gasteiger partial charge in [-0.1, -0.05) is 72.3 Å². The Kier molecular flexibility index (Phi) is 4.38. The molecule has 3 aromatic rings. The summed E-state index contributed by atoms with van der Waals surface area (Å²) in [7, 11) is 0. The molecule has 0 spiro atoms. The fourth-order valence-corrected chi connectivity index (χ4v) is 4.22. The standard InChI is InChI=1S/C24H26/c1-18-6-8-19(9-7-18)16-20-10-12-22(13-11-20)24-15-14-21-4-2-3-5-23(21)17-24/h2-9,14-15,17,20,22H,10-13,16H2,1H3. The lowest BCUT2D eigenvalue weighted by Gasteiger charge is -2.29. The fraction of sp³-hybridized carbons (Fsp3) is 0.333. The molecule has 0 nitrogen and oxygen atoms in total. The van der Waals surface area contributed by atoms with Gasteiger partial charge >= 0.3 is 0 Å². The second-order valence-electron chi connectivity index (χ2n) is 7.51. The summed E-state index contributed by atoms with van der Waals surface area (Å²) >= 11 is 0. The van der Waals surface area contributed by atoms with Crippen LogP contribution in [0.5, 0.6) is 0 Å². The quantitative estimate of drug-likeness (QED) is 0.507. The topological polar surface area (TPSA) is 0 Å². The van der Waals surface area contributed by atoms with Crippen LogP contribution in [-0.4, -0.2) is 0 Å². The van der Waals surface area contributed by atoms with E-state index in [1.54, 1.807) is 5.56 Å². The summed E-state index contributed by atoms with van der Waals surface area (Å²) in [5.74, 6) is 1.62. The van der Waals surface area contributed by atoms with Crippen molar-refractivity contribution in [2.75, 3.05) is 0 Å². The van der Waals surface area contributed by atoms with Crippen LogP contribution in [0.4, 0.5) is 0 Å². The third-order valence-electron chi connectivity index (χ3n) is 5.74. The van der Waals surface area contributed by atoms with Gasteiger partial charge in [-0.3, -0.25) is 0 Å². The molecule has 0 amide bonds. The number of hydrogen-bond acceptors (Lipinski definition) is 0. The largest absolute Gasteiger partial charge is 0.0616 e. The minimum absolute atomic E-state index is 0.754. The van der Waals surface area contributed by atoms with Crippen molar-refractivity contribution in [1.29, 1.82) is 0 Å². The zero-order valence-electron chi connectivity index (χ0n) is 14.5. The molecule has 1 aliphatic rings. The molecule has 4 rings (SSSR count). The summed E-state index contributed by atoms with van der Waals surface area (Å²) in [6.45, 7) is 2.17. The minimum atomic E-state index is 0.754. The Labute approximate surface area is 145 Å². The summed E-state index contributed by atoms with van der Waals surface area (Å²) in [5.41, 5.74) is 4.41. The Hall–Kier alpha value is -2.08. The van der Waals surface area contributed by atoms with E-state index in [2.05, 4.69) is 73.7 Å². The van der Waals surface area contributed by atoms with Crippen LogP contribution in [-0.2, 0) is 6.42 Å². The summed E-state index contributed by atoms with van der Waals surface area (Å²) < 4.78 is 0. The highest BCUT2D eigenvalue weighted by atomic mass is 14.3. The van der Waals surface area contributed by atoms with Crippen LogP contribution in [0.3, 0.4) is 0 Å². The fourth-order valence-electron chi connectivity index (χ4n) is 4.22. The molecule has 0 heteroatoms. The van der Waals surface area contributed by atoms with E-state index in [0.717, 1.165) is 11.8 Å². The molecule has 122 valence electrons. The first kappa shape index (κ1) is 15.4. The van der Waals surface area contributed by atoms with Crippen molar-refractivity contribution >= 4 is 10.8 Å². The molecule has 0 radical (unpaired) electrons. The van der Waals surface area contributed by atoms with Crippen molar-refractivity contribution < 1.29 is 0 Å². The second-order valence-corrected chi connectivity index (χ2v) is 7.51. The lowest BCUT2D eigenvalue weighted by molar-refractivity contribution is 0.324. The van der Waals surface area contributed by atoms with E-state index >= 15 is 0 Å². The third-order valence-corrected chi connectivity index (χ3v) is 5.74. The monoisotopic (exact) mass is 314 g/mol. The Morgan fingerprint density at radius 2 is 1.46 bits per heavy atom. The predicted molar refractivity (Wildman–Crippen MR) is 104 cm³/mol. The van der Waals surface area contributed by atoms with Crippen LogP contribution < -0.4 is 0 Å². The first-order valence-electron chi connectivity index (χ1n) is 9.32. The van der Waals surface area contributed by atoms with Gasteiger partial charge in [0.2, 0.25) is 0 Å². The Bertz CT molecular complexity index is 805. The Morgan fingerprint density at radius 1 is 0.750 bits per heavy atom. The molecular weight excluding hydrogens is 288 g/mol. The molecule has 0 aliphatic heterocycles. The lowest BCUT2D eigenvalue weighted by Crippen LogP contribution is -2.15. The van der Waals surface area contributed by atoms with Gasteiger partial charge in [-0.15, -0.1) is 0 Å². The highest BCUT2D eigenvalue weighted by Gasteiger charge is 2.22. The van der Waals surface area contributed by atoms with Crippen LogP contribution in [0.2, 0.25) is 0 Å². The van der Waals surface area contributed by atoms with Gasteiger partial charge in [-0.05, 0) is 72.8 Å². The SMILES string of the molecule is Cc1ccc(CC2CCC(c3ccc4ccccc4c3)CC2)cc1. The van der Waals surface area contributed by atoms with Gasteiger partial charge in [0.1, 0.15) is 0 Å². The van der Waals surface area contributed by atoms with Crippen LogP contribution in [0.25, 0.3) is 10.8 Å². The minimum Gasteiger partial charge on any atom is -0.0616 e. The van der Waals surface area contributed by atoms with Gasteiger partial charge in [-0.2, -0.15) is 0 Å². The van der Waals surface area contributed by atoms with Gasteiger partial charge in [0.15, 0.2) is 0 Å². The number of fused-ring (bicyclic) bond motifs is 1. The first-order chi connectivity index (χ1) is 11.8. The maximum absolute atomic E-state index is 2.42. The van der Waals surface area contributed by atoms with Crippen molar-refractivity contribution in [3.05, 3.63) is 83.4 Å². The van der Waals surface area contributed by atoms with Gasteiger partial charge in [0.25, 0.3) is 0 Å². The van der Waals surface area contributed by atoms with E-state index < -0.39 is 0 Å². The van der Waals surface area contributed by atoms with Gasteiger partial charge in [0.05, 0.1) is 0 Å². The van der Waals surface area contributed by atoms with Crippen LogP contribution >= 0.6 is 0 Å². The molecule has 0 aromatic heterocycles. The average Bonchev–Trinajstić information content (AvgIpc) is 2.64. The summed E-state index contributed by atoms with van der Waals surface area (Å²) in [6, 6.07) is 24.9. The molecule has 0 saturated heterocycles. The maximum atomic E-state index is 2.42. The smallest absolute Gasteiger partial charge is 0.0162 e. The molecule has 0 N–H and O–H groups in total. The molecule has 0 heterocycles. The average molecular weight is 314 g/mol. The van der Waals surface area contributed by atoms with Crippen LogP contribution in [0.15, 0.2) is 66.7 Å². The second kappa shape index (κ2) is 6.81. The molecule has 0 unspecified atom stereocenters. The summed E-state index contributed by atoms with van der Waals surface area (Å²) in [6.07, 6.45) is 6.67. The molecule has 1 aliphatic carbocycles. The lowest BCUT2D eigenvalue weighted by atomic mass is 9.76. The number of benzene rings is 3. The Balaban J connectivity index is 1.40. The number of aryl methyl sites for hydroxylation is 1. The molecule has 0 bridgehead atoms. The molecule has 1 saturated carbocycles. The van der Waals surface area contributed by atoms with Crippen molar-refractivity contribution in [3.8, 4) is 0 Å². The van der Waals surface area contributed by atoms with Crippen LogP contribution in [0, 0.1) is 12.8 Å². The highest BCUT2D eigenvalue weighted by Crippen LogP contribution is 2.37.